The van der Waals surface area contributed by atoms with Crippen LogP contribution in [-0.4, -0.2) is 16.5 Å². The number of benzene rings is 1. The third-order valence-electron chi connectivity index (χ3n) is 2.79. The van der Waals surface area contributed by atoms with Gasteiger partial charge in [0.05, 0.1) is 5.52 Å². The molecular weight excluding hydrogens is 198 g/mol. The number of hydrogen-bond acceptors (Lipinski definition) is 3. The summed E-state index contributed by atoms with van der Waals surface area (Å²) in [6, 6.07) is 8.02. The lowest BCUT2D eigenvalue weighted by Crippen LogP contribution is -2.12. The molecule has 0 fully saturated rings. The minimum absolute atomic E-state index is 0.648. The Hall–Kier alpha value is -1.64. The topological polar surface area (TPSA) is 37.8 Å². The molecular formula is C13H17N3. The Morgan fingerprint density at radius 2 is 2.12 bits per heavy atom. The molecule has 1 atom stereocenters. The molecule has 1 aromatic heterocycles. The summed E-state index contributed by atoms with van der Waals surface area (Å²) in [4.78, 5) is 8.75. The maximum Gasteiger partial charge on any atom is 0.223 e. The lowest BCUT2D eigenvalue weighted by molar-refractivity contribution is 0.591. The Labute approximate surface area is 95.9 Å². The van der Waals surface area contributed by atoms with E-state index in [1.807, 2.05) is 30.5 Å². The normalized spacial score (nSPS) is 12.6. The van der Waals surface area contributed by atoms with Gasteiger partial charge < -0.3 is 5.32 Å². The standard InChI is InChI=1S/C13H17N3/c1-3-10(2)8-14-13-15-9-11-6-4-5-7-12(11)16-13/h4-7,9-10H,3,8H2,1-2H3,(H,14,15,16). The number of para-hydroxylation sites is 1. The van der Waals surface area contributed by atoms with Crippen molar-refractivity contribution in [3.63, 3.8) is 0 Å². The van der Waals surface area contributed by atoms with Crippen molar-refractivity contribution in [3.05, 3.63) is 30.5 Å². The molecule has 0 aliphatic heterocycles. The zero-order valence-electron chi connectivity index (χ0n) is 9.77. The van der Waals surface area contributed by atoms with Crippen LogP contribution < -0.4 is 5.32 Å². The predicted molar refractivity (Wildman–Crippen MR) is 67.5 cm³/mol. The molecule has 3 nitrogen and oxygen atoms in total. The molecule has 0 spiro atoms. The number of nitrogens with one attached hydrogen (secondary N) is 1. The maximum absolute atomic E-state index is 4.46. The van der Waals surface area contributed by atoms with Crippen LogP contribution in [0.25, 0.3) is 10.9 Å². The number of nitrogens with zero attached hydrogens (tertiary/aromatic N) is 2. The van der Waals surface area contributed by atoms with Crippen molar-refractivity contribution < 1.29 is 0 Å². The molecule has 0 radical (unpaired) electrons. The van der Waals surface area contributed by atoms with Crippen molar-refractivity contribution in [2.75, 3.05) is 11.9 Å². The van der Waals surface area contributed by atoms with Crippen LogP contribution >= 0.6 is 0 Å². The van der Waals surface area contributed by atoms with Crippen LogP contribution in [0.2, 0.25) is 0 Å². The van der Waals surface area contributed by atoms with Gasteiger partial charge in [0.25, 0.3) is 0 Å². The first kappa shape index (κ1) is 10.9. The first-order valence-corrected chi connectivity index (χ1v) is 5.75. The summed E-state index contributed by atoms with van der Waals surface area (Å²) in [5.41, 5.74) is 0.990. The molecule has 0 saturated heterocycles. The summed E-state index contributed by atoms with van der Waals surface area (Å²) < 4.78 is 0. The van der Waals surface area contributed by atoms with Crippen molar-refractivity contribution in [2.45, 2.75) is 20.3 Å². The average Bonchev–Trinajstić information content (AvgIpc) is 2.35. The number of anilines is 1. The van der Waals surface area contributed by atoms with Gasteiger partial charge in [-0.15, -0.1) is 0 Å². The maximum atomic E-state index is 4.46. The van der Waals surface area contributed by atoms with Gasteiger partial charge >= 0.3 is 0 Å². The van der Waals surface area contributed by atoms with Crippen molar-refractivity contribution in [2.24, 2.45) is 5.92 Å². The van der Waals surface area contributed by atoms with Gasteiger partial charge in [0, 0.05) is 18.1 Å². The number of aromatic nitrogens is 2. The van der Waals surface area contributed by atoms with Gasteiger partial charge in [-0.3, -0.25) is 0 Å². The number of rotatable bonds is 4. The van der Waals surface area contributed by atoms with Crippen molar-refractivity contribution in [1.29, 1.82) is 0 Å². The molecule has 0 aliphatic rings. The summed E-state index contributed by atoms with van der Waals surface area (Å²) in [6.07, 6.45) is 3.03. The quantitative estimate of drug-likeness (QED) is 0.851. The highest BCUT2D eigenvalue weighted by molar-refractivity contribution is 5.78. The Bertz CT molecular complexity index is 467. The largest absolute Gasteiger partial charge is 0.354 e. The summed E-state index contributed by atoms with van der Waals surface area (Å²) in [5, 5.41) is 4.35. The molecule has 2 aromatic rings. The smallest absolute Gasteiger partial charge is 0.223 e. The van der Waals surface area contributed by atoms with Crippen LogP contribution in [0.3, 0.4) is 0 Å². The SMILES string of the molecule is CCC(C)CNc1ncc2ccccc2n1. The number of fused-ring (bicyclic) bond motifs is 1. The molecule has 0 bridgehead atoms. The van der Waals surface area contributed by atoms with E-state index in [0.717, 1.165) is 23.4 Å². The summed E-state index contributed by atoms with van der Waals surface area (Å²) >= 11 is 0. The molecule has 1 unspecified atom stereocenters. The van der Waals surface area contributed by atoms with E-state index in [0.29, 0.717) is 5.92 Å². The summed E-state index contributed by atoms with van der Waals surface area (Å²) in [5.74, 6) is 1.37. The first-order chi connectivity index (χ1) is 7.79. The molecule has 3 heteroatoms. The Morgan fingerprint density at radius 1 is 1.31 bits per heavy atom. The third-order valence-corrected chi connectivity index (χ3v) is 2.79. The second-order valence-electron chi connectivity index (χ2n) is 4.15. The number of hydrogen-bond donors (Lipinski definition) is 1. The Morgan fingerprint density at radius 3 is 2.94 bits per heavy atom. The van der Waals surface area contributed by atoms with Crippen LogP contribution in [-0.2, 0) is 0 Å². The van der Waals surface area contributed by atoms with E-state index in [2.05, 4.69) is 29.1 Å². The second kappa shape index (κ2) is 4.92. The molecule has 0 amide bonds. The Kier molecular flexibility index (Phi) is 3.34. The predicted octanol–water partition coefficient (Wildman–Crippen LogP) is 3.09. The minimum atomic E-state index is 0.648. The van der Waals surface area contributed by atoms with Crippen molar-refractivity contribution in [3.8, 4) is 0 Å². The monoisotopic (exact) mass is 215 g/mol. The molecule has 84 valence electrons. The first-order valence-electron chi connectivity index (χ1n) is 5.75. The van der Waals surface area contributed by atoms with E-state index in [-0.39, 0.29) is 0 Å². The van der Waals surface area contributed by atoms with E-state index in [1.54, 1.807) is 0 Å². The second-order valence-corrected chi connectivity index (χ2v) is 4.15. The third kappa shape index (κ3) is 2.48. The summed E-state index contributed by atoms with van der Waals surface area (Å²) in [7, 11) is 0. The van der Waals surface area contributed by atoms with Gasteiger partial charge in [0.1, 0.15) is 0 Å². The minimum Gasteiger partial charge on any atom is -0.354 e. The van der Waals surface area contributed by atoms with Gasteiger partial charge in [-0.1, -0.05) is 38.5 Å². The van der Waals surface area contributed by atoms with Crippen LogP contribution in [0, 0.1) is 5.92 Å². The highest BCUT2D eigenvalue weighted by Gasteiger charge is 2.01. The van der Waals surface area contributed by atoms with Crippen LogP contribution in [0.5, 0.6) is 0 Å². The highest BCUT2D eigenvalue weighted by Crippen LogP contribution is 2.12. The average molecular weight is 215 g/mol. The fraction of sp³-hybridized carbons (Fsp3) is 0.385. The van der Waals surface area contributed by atoms with Gasteiger partial charge in [-0.2, -0.15) is 0 Å². The Balaban J connectivity index is 2.13. The highest BCUT2D eigenvalue weighted by atomic mass is 15.1. The molecule has 2 rings (SSSR count). The molecule has 1 heterocycles. The molecule has 1 N–H and O–H groups in total. The molecule has 0 aliphatic carbocycles. The summed E-state index contributed by atoms with van der Waals surface area (Å²) in [6.45, 7) is 5.33. The molecule has 1 aromatic carbocycles. The fourth-order valence-electron chi connectivity index (χ4n) is 1.47. The van der Waals surface area contributed by atoms with Crippen LogP contribution in [0.15, 0.2) is 30.5 Å². The van der Waals surface area contributed by atoms with Crippen LogP contribution in [0.4, 0.5) is 5.95 Å². The van der Waals surface area contributed by atoms with Gasteiger partial charge in [0.15, 0.2) is 0 Å². The molecule has 0 saturated carbocycles. The zero-order chi connectivity index (χ0) is 11.4. The molecule has 16 heavy (non-hydrogen) atoms. The fourth-order valence-corrected chi connectivity index (χ4v) is 1.47. The van der Waals surface area contributed by atoms with E-state index in [1.165, 1.54) is 6.42 Å². The van der Waals surface area contributed by atoms with E-state index in [4.69, 9.17) is 0 Å². The van der Waals surface area contributed by atoms with Crippen molar-refractivity contribution >= 4 is 16.9 Å². The lowest BCUT2D eigenvalue weighted by atomic mass is 10.1. The van der Waals surface area contributed by atoms with Crippen LogP contribution in [0.1, 0.15) is 20.3 Å². The lowest BCUT2D eigenvalue weighted by Gasteiger charge is -2.09. The zero-order valence-corrected chi connectivity index (χ0v) is 9.77. The van der Waals surface area contributed by atoms with Crippen molar-refractivity contribution in [1.82, 2.24) is 9.97 Å². The van der Waals surface area contributed by atoms with Gasteiger partial charge in [0.2, 0.25) is 5.95 Å². The van der Waals surface area contributed by atoms with E-state index < -0.39 is 0 Å². The van der Waals surface area contributed by atoms with Gasteiger partial charge in [-0.25, -0.2) is 9.97 Å². The van der Waals surface area contributed by atoms with E-state index >= 15 is 0 Å². The van der Waals surface area contributed by atoms with Gasteiger partial charge in [-0.05, 0) is 12.0 Å². The van der Waals surface area contributed by atoms with E-state index in [9.17, 15) is 0 Å².